The van der Waals surface area contributed by atoms with E-state index in [1.165, 1.54) is 10.9 Å². The van der Waals surface area contributed by atoms with Gasteiger partial charge >= 0.3 is 6.08 Å². The minimum Gasteiger partial charge on any atom is -0.388 e. The SMILES string of the molecule is CCC[C@H]1OC(n2cnc3c(N)nc(F)nc32)[C@@H](O)[C@@H]1O. The van der Waals surface area contributed by atoms with E-state index < -0.39 is 30.6 Å². The molecular weight excluding hydrogens is 281 g/mol. The molecule has 1 fully saturated rings. The number of nitrogens with two attached hydrogens (primary N) is 1. The van der Waals surface area contributed by atoms with Gasteiger partial charge in [-0.05, 0) is 6.42 Å². The first-order valence-electron chi connectivity index (χ1n) is 6.70. The summed E-state index contributed by atoms with van der Waals surface area (Å²) >= 11 is 0. The van der Waals surface area contributed by atoms with Crippen molar-refractivity contribution >= 4 is 17.0 Å². The Balaban J connectivity index is 2.01. The highest BCUT2D eigenvalue weighted by atomic mass is 19.1. The maximum absolute atomic E-state index is 13.3. The molecular formula is C12H16FN5O3. The van der Waals surface area contributed by atoms with E-state index in [-0.39, 0.29) is 17.0 Å². The number of rotatable bonds is 3. The lowest BCUT2D eigenvalue weighted by atomic mass is 10.1. The van der Waals surface area contributed by atoms with Gasteiger partial charge in [-0.1, -0.05) is 13.3 Å². The third-order valence-corrected chi connectivity index (χ3v) is 3.61. The first kappa shape index (κ1) is 14.1. The summed E-state index contributed by atoms with van der Waals surface area (Å²) in [6.07, 6.45) is -1.80. The van der Waals surface area contributed by atoms with Gasteiger partial charge in [0.2, 0.25) is 0 Å². The molecule has 1 saturated heterocycles. The topological polar surface area (TPSA) is 119 Å². The molecule has 9 heteroatoms. The van der Waals surface area contributed by atoms with Crippen molar-refractivity contribution in [2.75, 3.05) is 5.73 Å². The number of aromatic nitrogens is 4. The van der Waals surface area contributed by atoms with Crippen molar-refractivity contribution in [3.63, 3.8) is 0 Å². The normalized spacial score (nSPS) is 29.3. The lowest BCUT2D eigenvalue weighted by Gasteiger charge is -2.16. The van der Waals surface area contributed by atoms with E-state index in [4.69, 9.17) is 10.5 Å². The van der Waals surface area contributed by atoms with Crippen molar-refractivity contribution in [2.45, 2.75) is 44.3 Å². The molecule has 1 aliphatic heterocycles. The lowest BCUT2D eigenvalue weighted by Crippen LogP contribution is -2.31. The summed E-state index contributed by atoms with van der Waals surface area (Å²) in [5.74, 6) is -0.0885. The summed E-state index contributed by atoms with van der Waals surface area (Å²) in [5, 5.41) is 20.1. The zero-order chi connectivity index (χ0) is 15.1. The van der Waals surface area contributed by atoms with Gasteiger partial charge in [0.15, 0.2) is 23.2 Å². The Labute approximate surface area is 119 Å². The Morgan fingerprint density at radius 3 is 2.86 bits per heavy atom. The summed E-state index contributed by atoms with van der Waals surface area (Å²) in [5.41, 5.74) is 5.93. The highest BCUT2D eigenvalue weighted by molar-refractivity contribution is 5.81. The second-order valence-corrected chi connectivity index (χ2v) is 5.04. The van der Waals surface area contributed by atoms with Crippen molar-refractivity contribution in [3.8, 4) is 0 Å². The number of imidazole rings is 1. The Hall–Kier alpha value is -1.84. The van der Waals surface area contributed by atoms with Crippen LogP contribution in [0, 0.1) is 6.08 Å². The van der Waals surface area contributed by atoms with Crippen LogP contribution in [0.15, 0.2) is 6.33 Å². The molecule has 2 aromatic rings. The number of nitrogens with zero attached hydrogens (tertiary/aromatic N) is 4. The monoisotopic (exact) mass is 297 g/mol. The maximum atomic E-state index is 13.3. The van der Waals surface area contributed by atoms with Gasteiger partial charge in [0.1, 0.15) is 12.2 Å². The summed E-state index contributed by atoms with van der Waals surface area (Å²) in [7, 11) is 0. The van der Waals surface area contributed by atoms with Crippen LogP contribution in [-0.2, 0) is 4.74 Å². The molecule has 8 nitrogen and oxygen atoms in total. The molecule has 0 aromatic carbocycles. The molecule has 0 saturated carbocycles. The van der Waals surface area contributed by atoms with Gasteiger partial charge in [0.25, 0.3) is 0 Å². The largest absolute Gasteiger partial charge is 0.388 e. The summed E-state index contributed by atoms with van der Waals surface area (Å²) in [6, 6.07) is 0. The molecule has 3 heterocycles. The van der Waals surface area contributed by atoms with E-state index in [0.29, 0.717) is 6.42 Å². The Morgan fingerprint density at radius 2 is 2.14 bits per heavy atom. The van der Waals surface area contributed by atoms with E-state index in [1.54, 1.807) is 0 Å². The number of aliphatic hydroxyl groups is 2. The molecule has 21 heavy (non-hydrogen) atoms. The Kier molecular flexibility index (Phi) is 3.47. The predicted molar refractivity (Wildman–Crippen MR) is 70.5 cm³/mol. The van der Waals surface area contributed by atoms with Gasteiger partial charge in [0.05, 0.1) is 12.4 Å². The number of hydrogen-bond acceptors (Lipinski definition) is 7. The van der Waals surface area contributed by atoms with Crippen molar-refractivity contribution in [1.82, 2.24) is 19.5 Å². The second-order valence-electron chi connectivity index (χ2n) is 5.04. The van der Waals surface area contributed by atoms with Crippen LogP contribution in [0.5, 0.6) is 0 Å². The molecule has 0 bridgehead atoms. The maximum Gasteiger partial charge on any atom is 0.312 e. The predicted octanol–water partition coefficient (Wildman–Crippen LogP) is -0.0331. The molecule has 0 amide bonds. The van der Waals surface area contributed by atoms with Crippen molar-refractivity contribution in [3.05, 3.63) is 12.4 Å². The van der Waals surface area contributed by atoms with E-state index in [2.05, 4.69) is 15.0 Å². The highest BCUT2D eigenvalue weighted by Gasteiger charge is 2.43. The first-order valence-corrected chi connectivity index (χ1v) is 6.70. The molecule has 0 spiro atoms. The third-order valence-electron chi connectivity index (χ3n) is 3.61. The minimum absolute atomic E-state index is 0.0885. The number of hydrogen-bond donors (Lipinski definition) is 3. The van der Waals surface area contributed by atoms with Crippen molar-refractivity contribution in [1.29, 1.82) is 0 Å². The summed E-state index contributed by atoms with van der Waals surface area (Å²) in [4.78, 5) is 11.0. The van der Waals surface area contributed by atoms with Gasteiger partial charge in [-0.2, -0.15) is 14.4 Å². The second kappa shape index (κ2) is 5.17. The average Bonchev–Trinajstić information content (AvgIpc) is 2.96. The molecule has 4 N–H and O–H groups in total. The molecule has 1 aliphatic rings. The van der Waals surface area contributed by atoms with Crippen LogP contribution in [0.2, 0.25) is 0 Å². The molecule has 4 atom stereocenters. The fourth-order valence-electron chi connectivity index (χ4n) is 2.58. The van der Waals surface area contributed by atoms with E-state index in [0.717, 1.165) is 6.42 Å². The van der Waals surface area contributed by atoms with Crippen LogP contribution in [0.3, 0.4) is 0 Å². The smallest absolute Gasteiger partial charge is 0.312 e. The molecule has 114 valence electrons. The fraction of sp³-hybridized carbons (Fsp3) is 0.583. The fourth-order valence-corrected chi connectivity index (χ4v) is 2.58. The number of halogens is 1. The van der Waals surface area contributed by atoms with Crippen LogP contribution >= 0.6 is 0 Å². The Bertz CT molecular complexity index is 664. The van der Waals surface area contributed by atoms with Gasteiger partial charge in [-0.25, -0.2) is 4.98 Å². The third kappa shape index (κ3) is 2.23. The van der Waals surface area contributed by atoms with E-state index >= 15 is 0 Å². The van der Waals surface area contributed by atoms with Gasteiger partial charge in [-0.3, -0.25) is 4.57 Å². The van der Waals surface area contributed by atoms with Gasteiger partial charge in [-0.15, -0.1) is 0 Å². The zero-order valence-corrected chi connectivity index (χ0v) is 11.3. The van der Waals surface area contributed by atoms with Gasteiger partial charge in [0, 0.05) is 0 Å². The summed E-state index contributed by atoms with van der Waals surface area (Å²) in [6.45, 7) is 1.95. The molecule has 3 rings (SSSR count). The number of aliphatic hydroxyl groups excluding tert-OH is 2. The van der Waals surface area contributed by atoms with Crippen molar-refractivity contribution < 1.29 is 19.3 Å². The van der Waals surface area contributed by atoms with Crippen molar-refractivity contribution in [2.24, 2.45) is 0 Å². The number of anilines is 1. The lowest BCUT2D eigenvalue weighted by molar-refractivity contribution is -0.0370. The van der Waals surface area contributed by atoms with Gasteiger partial charge < -0.3 is 20.7 Å². The number of nitrogen functional groups attached to an aromatic ring is 1. The van der Waals surface area contributed by atoms with Crippen LogP contribution in [-0.4, -0.2) is 48.0 Å². The quantitative estimate of drug-likeness (QED) is 0.680. The van der Waals surface area contributed by atoms with Crippen LogP contribution in [0.25, 0.3) is 11.2 Å². The van der Waals surface area contributed by atoms with Crippen LogP contribution in [0.4, 0.5) is 10.2 Å². The first-order chi connectivity index (χ1) is 10.0. The molecule has 0 aliphatic carbocycles. The standard InChI is InChI=1S/C12H16FN5O3/c1-2-3-5-7(19)8(20)11(21-5)18-4-15-6-9(14)16-12(13)17-10(6)18/h4-5,7-8,11,19-20H,2-3H2,1H3,(H2,14,16,17)/t5-,7-,8+,11?/m1/s1. The molecule has 1 unspecified atom stereocenters. The number of ether oxygens (including phenoxy) is 1. The molecule has 2 aromatic heterocycles. The van der Waals surface area contributed by atoms with Crippen LogP contribution in [0.1, 0.15) is 26.0 Å². The minimum atomic E-state index is -1.15. The van der Waals surface area contributed by atoms with Crippen LogP contribution < -0.4 is 5.73 Å². The Morgan fingerprint density at radius 1 is 1.38 bits per heavy atom. The highest BCUT2D eigenvalue weighted by Crippen LogP contribution is 2.33. The summed E-state index contributed by atoms with van der Waals surface area (Å²) < 4.78 is 20.3. The number of fused-ring (bicyclic) bond motifs is 1. The van der Waals surface area contributed by atoms with E-state index in [9.17, 15) is 14.6 Å². The molecule has 0 radical (unpaired) electrons. The average molecular weight is 297 g/mol. The van der Waals surface area contributed by atoms with E-state index in [1.807, 2.05) is 6.92 Å². The zero-order valence-electron chi connectivity index (χ0n) is 11.3.